The summed E-state index contributed by atoms with van der Waals surface area (Å²) in [5.74, 6) is -0.578. The maximum Gasteiger partial charge on any atom is 0.427 e. The standard InChI is InChI=1S/C15H18F3NO4S/c1-2-3-4-5-10-24(22,23)14(15(16,17)18)11-12-6-8-13(9-7-12)19(20)21/h6-9,11H,2-5,10H2,1H3/b14-11+. The van der Waals surface area contributed by atoms with E-state index in [0.717, 1.165) is 37.1 Å². The third kappa shape index (κ3) is 5.95. The molecule has 1 aromatic carbocycles. The average molecular weight is 365 g/mol. The van der Waals surface area contributed by atoms with Crippen LogP contribution in [0.25, 0.3) is 6.08 Å². The van der Waals surface area contributed by atoms with Crippen molar-refractivity contribution in [3.63, 3.8) is 0 Å². The SMILES string of the molecule is CCCCCCS(=O)(=O)/C(=C/c1ccc([N+](=O)[O-])cc1)C(F)(F)F. The Kier molecular flexibility index (Phi) is 6.94. The van der Waals surface area contributed by atoms with Crippen LogP contribution in [-0.2, 0) is 9.84 Å². The van der Waals surface area contributed by atoms with Crippen LogP contribution in [0, 0.1) is 10.1 Å². The number of allylic oxidation sites excluding steroid dienone is 1. The van der Waals surface area contributed by atoms with E-state index in [1.54, 1.807) is 0 Å². The molecule has 24 heavy (non-hydrogen) atoms. The summed E-state index contributed by atoms with van der Waals surface area (Å²) in [6.45, 7) is 1.91. The number of nitrogens with zero attached hydrogens (tertiary/aromatic N) is 1. The molecular formula is C15H18F3NO4S. The van der Waals surface area contributed by atoms with Gasteiger partial charge in [0.2, 0.25) is 0 Å². The molecule has 0 radical (unpaired) electrons. The van der Waals surface area contributed by atoms with Crippen LogP contribution in [0.5, 0.6) is 0 Å². The van der Waals surface area contributed by atoms with Crippen molar-refractivity contribution in [1.82, 2.24) is 0 Å². The van der Waals surface area contributed by atoms with Gasteiger partial charge in [-0.1, -0.05) is 26.2 Å². The molecule has 0 fully saturated rings. The van der Waals surface area contributed by atoms with Gasteiger partial charge < -0.3 is 0 Å². The van der Waals surface area contributed by atoms with Crippen LogP contribution in [0.1, 0.15) is 38.2 Å². The second-order valence-electron chi connectivity index (χ2n) is 5.23. The molecule has 0 bridgehead atoms. The zero-order valence-electron chi connectivity index (χ0n) is 13.0. The second kappa shape index (κ2) is 8.27. The van der Waals surface area contributed by atoms with Gasteiger partial charge in [-0.3, -0.25) is 10.1 Å². The van der Waals surface area contributed by atoms with Gasteiger partial charge in [0.15, 0.2) is 9.84 Å². The molecule has 0 aliphatic carbocycles. The summed E-state index contributed by atoms with van der Waals surface area (Å²) in [5.41, 5.74) is -0.354. The number of nitro benzene ring substituents is 1. The van der Waals surface area contributed by atoms with Crippen LogP contribution in [-0.4, -0.2) is 25.3 Å². The van der Waals surface area contributed by atoms with Gasteiger partial charge >= 0.3 is 6.18 Å². The van der Waals surface area contributed by atoms with Crippen molar-refractivity contribution >= 4 is 21.6 Å². The summed E-state index contributed by atoms with van der Waals surface area (Å²) in [5, 5.41) is 10.5. The van der Waals surface area contributed by atoms with E-state index in [4.69, 9.17) is 0 Å². The molecule has 0 unspecified atom stereocenters. The Balaban J connectivity index is 3.10. The van der Waals surface area contributed by atoms with Crippen LogP contribution < -0.4 is 0 Å². The van der Waals surface area contributed by atoms with Crippen molar-refractivity contribution in [1.29, 1.82) is 0 Å². The molecule has 5 nitrogen and oxygen atoms in total. The fourth-order valence-corrected chi connectivity index (χ4v) is 3.49. The molecule has 0 N–H and O–H groups in total. The second-order valence-corrected chi connectivity index (χ2v) is 7.31. The molecule has 1 aromatic rings. The van der Waals surface area contributed by atoms with Gasteiger partial charge in [-0.2, -0.15) is 13.2 Å². The zero-order chi connectivity index (χ0) is 18.4. The number of alkyl halides is 3. The topological polar surface area (TPSA) is 77.3 Å². The number of nitro groups is 1. The number of hydrogen-bond donors (Lipinski definition) is 0. The minimum absolute atomic E-state index is 0.0648. The average Bonchev–Trinajstić information content (AvgIpc) is 2.48. The Morgan fingerprint density at radius 1 is 1.17 bits per heavy atom. The Labute approximate surface area is 138 Å². The zero-order valence-corrected chi connectivity index (χ0v) is 13.9. The summed E-state index contributed by atoms with van der Waals surface area (Å²) in [4.78, 5) is 8.22. The van der Waals surface area contributed by atoms with Gasteiger partial charge in [0.25, 0.3) is 5.69 Å². The molecular weight excluding hydrogens is 347 g/mol. The third-order valence-electron chi connectivity index (χ3n) is 3.28. The summed E-state index contributed by atoms with van der Waals surface area (Å²) in [6, 6.07) is 4.20. The lowest BCUT2D eigenvalue weighted by Crippen LogP contribution is -2.22. The number of hydrogen-bond acceptors (Lipinski definition) is 4. The number of sulfone groups is 1. The molecule has 0 saturated heterocycles. The van der Waals surface area contributed by atoms with E-state index in [1.165, 1.54) is 0 Å². The number of non-ortho nitro benzene ring substituents is 1. The van der Waals surface area contributed by atoms with Crippen LogP contribution in [0.2, 0.25) is 0 Å². The van der Waals surface area contributed by atoms with E-state index in [0.29, 0.717) is 12.5 Å². The lowest BCUT2D eigenvalue weighted by Gasteiger charge is -2.13. The summed E-state index contributed by atoms with van der Waals surface area (Å²) in [6.07, 6.45) is -2.22. The highest BCUT2D eigenvalue weighted by molar-refractivity contribution is 7.95. The van der Waals surface area contributed by atoms with Crippen molar-refractivity contribution in [2.75, 3.05) is 5.75 Å². The Morgan fingerprint density at radius 2 is 1.75 bits per heavy atom. The van der Waals surface area contributed by atoms with Crippen molar-refractivity contribution in [2.45, 2.75) is 38.8 Å². The maximum atomic E-state index is 13.1. The molecule has 9 heteroatoms. The number of halogens is 3. The van der Waals surface area contributed by atoms with E-state index < -0.39 is 31.6 Å². The first kappa shape index (κ1) is 20.1. The molecule has 0 aliphatic rings. The lowest BCUT2D eigenvalue weighted by atomic mass is 10.2. The predicted molar refractivity (Wildman–Crippen MR) is 85.1 cm³/mol. The molecule has 0 amide bonds. The van der Waals surface area contributed by atoms with E-state index in [-0.39, 0.29) is 17.7 Å². The Bertz CT molecular complexity index is 694. The van der Waals surface area contributed by atoms with Crippen molar-refractivity contribution in [3.05, 3.63) is 44.8 Å². The molecule has 0 heterocycles. The normalized spacial score (nSPS) is 13.1. The molecule has 0 aliphatic heterocycles. The Hall–Kier alpha value is -1.90. The number of rotatable bonds is 8. The predicted octanol–water partition coefficient (Wildman–Crippen LogP) is 4.49. The minimum Gasteiger partial charge on any atom is -0.258 e. The highest BCUT2D eigenvalue weighted by Gasteiger charge is 2.42. The molecule has 1 rings (SSSR count). The van der Waals surface area contributed by atoms with E-state index in [1.807, 2.05) is 6.92 Å². The van der Waals surface area contributed by atoms with Gasteiger partial charge in [-0.25, -0.2) is 8.42 Å². The summed E-state index contributed by atoms with van der Waals surface area (Å²) in [7, 11) is -4.48. The highest BCUT2D eigenvalue weighted by atomic mass is 32.2. The molecule has 0 saturated carbocycles. The Morgan fingerprint density at radius 3 is 2.21 bits per heavy atom. The van der Waals surface area contributed by atoms with Crippen molar-refractivity contribution in [3.8, 4) is 0 Å². The number of unbranched alkanes of at least 4 members (excludes halogenated alkanes) is 3. The van der Waals surface area contributed by atoms with Crippen LogP contribution in [0.15, 0.2) is 29.2 Å². The molecule has 0 aromatic heterocycles. The fourth-order valence-electron chi connectivity index (χ4n) is 2.02. The monoisotopic (exact) mass is 365 g/mol. The molecule has 0 spiro atoms. The van der Waals surface area contributed by atoms with E-state index in [2.05, 4.69) is 0 Å². The number of benzene rings is 1. The van der Waals surface area contributed by atoms with Crippen molar-refractivity contribution < 1.29 is 26.5 Å². The first-order valence-electron chi connectivity index (χ1n) is 7.34. The quantitative estimate of drug-likeness (QED) is 0.386. The molecule has 0 atom stereocenters. The van der Waals surface area contributed by atoms with Crippen LogP contribution in [0.3, 0.4) is 0 Å². The smallest absolute Gasteiger partial charge is 0.258 e. The highest BCUT2D eigenvalue weighted by Crippen LogP contribution is 2.33. The summed E-state index contributed by atoms with van der Waals surface area (Å²) >= 11 is 0. The van der Waals surface area contributed by atoms with Crippen LogP contribution in [0.4, 0.5) is 18.9 Å². The van der Waals surface area contributed by atoms with Gasteiger partial charge in [0, 0.05) is 12.1 Å². The van der Waals surface area contributed by atoms with Crippen LogP contribution >= 0.6 is 0 Å². The summed E-state index contributed by atoms with van der Waals surface area (Å²) < 4.78 is 63.4. The first-order valence-corrected chi connectivity index (χ1v) is 8.99. The van der Waals surface area contributed by atoms with E-state index in [9.17, 15) is 31.7 Å². The minimum atomic E-state index is -5.02. The maximum absolute atomic E-state index is 13.1. The van der Waals surface area contributed by atoms with Gasteiger partial charge in [-0.15, -0.1) is 0 Å². The van der Waals surface area contributed by atoms with E-state index >= 15 is 0 Å². The van der Waals surface area contributed by atoms with Gasteiger partial charge in [0.05, 0.1) is 10.7 Å². The van der Waals surface area contributed by atoms with Gasteiger partial charge in [0.1, 0.15) is 4.91 Å². The first-order chi connectivity index (χ1) is 11.1. The fraction of sp³-hybridized carbons (Fsp3) is 0.467. The largest absolute Gasteiger partial charge is 0.427 e. The third-order valence-corrected chi connectivity index (χ3v) is 5.13. The molecule has 134 valence electrons. The van der Waals surface area contributed by atoms with Gasteiger partial charge in [-0.05, 0) is 30.2 Å². The van der Waals surface area contributed by atoms with Crippen molar-refractivity contribution in [2.24, 2.45) is 0 Å². The lowest BCUT2D eigenvalue weighted by molar-refractivity contribution is -0.384.